The zero-order chi connectivity index (χ0) is 25.1. The van der Waals surface area contributed by atoms with E-state index in [1.165, 1.54) is 26.0 Å². The van der Waals surface area contributed by atoms with Crippen molar-refractivity contribution in [3.63, 3.8) is 0 Å². The molecule has 1 atom stereocenters. The summed E-state index contributed by atoms with van der Waals surface area (Å²) in [6.07, 6.45) is 1.52. The number of ether oxygens (including phenoxy) is 5. The third kappa shape index (κ3) is 4.39. The van der Waals surface area contributed by atoms with Gasteiger partial charge in [0.05, 0.1) is 48.2 Å². The molecule has 4 rings (SSSR count). The van der Waals surface area contributed by atoms with Crippen molar-refractivity contribution in [2.24, 2.45) is 0 Å². The smallest absolute Gasteiger partial charge is 0.251 e. The lowest BCUT2D eigenvalue weighted by Gasteiger charge is -2.15. The van der Waals surface area contributed by atoms with E-state index in [4.69, 9.17) is 23.7 Å². The number of nitrogens with zero attached hydrogens (tertiary/aromatic N) is 2. The number of anilines is 2. The molecule has 2 heterocycles. The highest BCUT2D eigenvalue weighted by atomic mass is 16.5. The Hall–Kier alpha value is -4.41. The second kappa shape index (κ2) is 9.84. The minimum Gasteiger partial charge on any atom is -0.493 e. The molecule has 0 fully saturated rings. The van der Waals surface area contributed by atoms with Gasteiger partial charge in [0.1, 0.15) is 11.9 Å². The standard InChI is InChI=1S/C24H26N4O7/c1-31-17-7-6-13(8-18(17)32-2)15-12-25-28-16(24(30)27-23(15)28)11-21(29)26-14-9-19(33-3)22(35-5)20(10-14)34-4/h6-10,12,16H,11H2,1-5H3,(H,26,29)(H,27,30). The minimum absolute atomic E-state index is 0.122. The van der Waals surface area contributed by atoms with Crippen molar-refractivity contribution in [1.82, 2.24) is 9.78 Å². The SMILES string of the molecule is COc1ccc(-c2cnn3c2NC(=O)C3CC(=O)Nc2cc(OC)c(OC)c(OC)c2)cc1OC. The maximum absolute atomic E-state index is 12.8. The summed E-state index contributed by atoms with van der Waals surface area (Å²) in [5.74, 6) is 2.15. The average molecular weight is 482 g/mol. The largest absolute Gasteiger partial charge is 0.493 e. The summed E-state index contributed by atoms with van der Waals surface area (Å²) < 4.78 is 28.1. The highest BCUT2D eigenvalue weighted by Gasteiger charge is 2.35. The van der Waals surface area contributed by atoms with E-state index < -0.39 is 6.04 Å². The molecule has 2 N–H and O–H groups in total. The van der Waals surface area contributed by atoms with Gasteiger partial charge in [0, 0.05) is 23.4 Å². The van der Waals surface area contributed by atoms with Gasteiger partial charge in [-0.15, -0.1) is 0 Å². The van der Waals surface area contributed by atoms with E-state index in [-0.39, 0.29) is 18.2 Å². The maximum Gasteiger partial charge on any atom is 0.251 e. The fourth-order valence-corrected chi connectivity index (χ4v) is 3.97. The molecule has 1 aliphatic heterocycles. The minimum atomic E-state index is -0.805. The van der Waals surface area contributed by atoms with Crippen molar-refractivity contribution < 1.29 is 33.3 Å². The summed E-state index contributed by atoms with van der Waals surface area (Å²) in [6, 6.07) is 7.84. The van der Waals surface area contributed by atoms with Gasteiger partial charge in [0.2, 0.25) is 11.7 Å². The first kappa shape index (κ1) is 23.7. The summed E-state index contributed by atoms with van der Waals surface area (Å²) in [6.45, 7) is 0. The first-order valence-electron chi connectivity index (χ1n) is 10.6. The van der Waals surface area contributed by atoms with Crippen LogP contribution in [0.2, 0.25) is 0 Å². The Morgan fingerprint density at radius 1 is 0.943 bits per heavy atom. The molecule has 11 heteroatoms. The third-order valence-corrected chi connectivity index (χ3v) is 5.66. The zero-order valence-corrected chi connectivity index (χ0v) is 20.0. The summed E-state index contributed by atoms with van der Waals surface area (Å²) in [4.78, 5) is 25.6. The molecule has 1 aliphatic rings. The van der Waals surface area contributed by atoms with E-state index in [1.54, 1.807) is 44.7 Å². The van der Waals surface area contributed by atoms with Crippen LogP contribution in [0.25, 0.3) is 11.1 Å². The van der Waals surface area contributed by atoms with Gasteiger partial charge >= 0.3 is 0 Å². The highest BCUT2D eigenvalue weighted by molar-refractivity contribution is 6.04. The third-order valence-electron chi connectivity index (χ3n) is 5.66. The number of benzene rings is 2. The van der Waals surface area contributed by atoms with Gasteiger partial charge in [0.25, 0.3) is 5.91 Å². The Morgan fingerprint density at radius 3 is 2.20 bits per heavy atom. The van der Waals surface area contributed by atoms with Crippen LogP contribution < -0.4 is 34.3 Å². The predicted molar refractivity (Wildman–Crippen MR) is 128 cm³/mol. The molecule has 1 unspecified atom stereocenters. The number of hydrogen-bond acceptors (Lipinski definition) is 8. The molecule has 1 aromatic heterocycles. The van der Waals surface area contributed by atoms with Gasteiger partial charge in [-0.25, -0.2) is 4.68 Å². The lowest BCUT2D eigenvalue weighted by molar-refractivity contribution is -0.123. The Kier molecular flexibility index (Phi) is 6.67. The van der Waals surface area contributed by atoms with Crippen molar-refractivity contribution in [3.8, 4) is 39.9 Å². The van der Waals surface area contributed by atoms with Crippen LogP contribution in [0.5, 0.6) is 28.7 Å². The summed E-state index contributed by atoms with van der Waals surface area (Å²) >= 11 is 0. The number of amides is 2. The molecule has 0 aliphatic carbocycles. The molecule has 0 spiro atoms. The monoisotopic (exact) mass is 482 g/mol. The predicted octanol–water partition coefficient (Wildman–Crippen LogP) is 3.12. The number of hydrogen-bond donors (Lipinski definition) is 2. The Balaban J connectivity index is 1.55. The molecule has 0 saturated heterocycles. The fraction of sp³-hybridized carbons (Fsp3) is 0.292. The van der Waals surface area contributed by atoms with Gasteiger partial charge in [-0.1, -0.05) is 6.07 Å². The van der Waals surface area contributed by atoms with E-state index >= 15 is 0 Å². The molecule has 2 amide bonds. The molecule has 0 bridgehead atoms. The van der Waals surface area contributed by atoms with Crippen LogP contribution in [0.1, 0.15) is 12.5 Å². The maximum atomic E-state index is 12.8. The number of methoxy groups -OCH3 is 5. The fourth-order valence-electron chi connectivity index (χ4n) is 3.97. The lowest BCUT2D eigenvalue weighted by atomic mass is 10.1. The molecular weight excluding hydrogens is 456 g/mol. The molecule has 11 nitrogen and oxygen atoms in total. The van der Waals surface area contributed by atoms with Crippen molar-refractivity contribution in [2.45, 2.75) is 12.5 Å². The number of rotatable bonds is 9. The summed E-state index contributed by atoms with van der Waals surface area (Å²) in [5.41, 5.74) is 1.92. The second-order valence-corrected chi connectivity index (χ2v) is 7.59. The molecule has 3 aromatic rings. The van der Waals surface area contributed by atoms with Crippen LogP contribution in [-0.2, 0) is 9.59 Å². The molecular formula is C24H26N4O7. The van der Waals surface area contributed by atoms with Gasteiger partial charge in [-0.3, -0.25) is 9.59 Å². The van der Waals surface area contributed by atoms with Crippen LogP contribution in [0.3, 0.4) is 0 Å². The van der Waals surface area contributed by atoms with Gasteiger partial charge < -0.3 is 34.3 Å². The number of aromatic nitrogens is 2. The molecule has 0 radical (unpaired) electrons. The number of fused-ring (bicyclic) bond motifs is 1. The molecule has 0 saturated carbocycles. The van der Waals surface area contributed by atoms with Crippen LogP contribution in [-0.4, -0.2) is 57.1 Å². The highest BCUT2D eigenvalue weighted by Crippen LogP contribution is 2.41. The lowest BCUT2D eigenvalue weighted by Crippen LogP contribution is -2.23. The number of nitrogens with one attached hydrogen (secondary N) is 2. The van der Waals surface area contributed by atoms with E-state index in [0.717, 1.165) is 5.56 Å². The topological polar surface area (TPSA) is 122 Å². The van der Waals surface area contributed by atoms with E-state index in [9.17, 15) is 9.59 Å². The van der Waals surface area contributed by atoms with Crippen molar-refractivity contribution in [3.05, 3.63) is 36.5 Å². The van der Waals surface area contributed by atoms with Gasteiger partial charge in [-0.2, -0.15) is 5.10 Å². The Labute approximate surface area is 201 Å². The molecule has 184 valence electrons. The van der Waals surface area contributed by atoms with Crippen LogP contribution in [0, 0.1) is 0 Å². The summed E-state index contributed by atoms with van der Waals surface area (Å²) in [7, 11) is 7.58. The van der Waals surface area contributed by atoms with E-state index in [1.807, 2.05) is 6.07 Å². The van der Waals surface area contributed by atoms with Crippen molar-refractivity contribution >= 4 is 23.3 Å². The van der Waals surface area contributed by atoms with Crippen molar-refractivity contribution in [2.75, 3.05) is 46.2 Å². The van der Waals surface area contributed by atoms with E-state index in [0.29, 0.717) is 45.8 Å². The number of carbonyl (C=O) groups is 2. The van der Waals surface area contributed by atoms with Crippen LogP contribution >= 0.6 is 0 Å². The normalized spacial score (nSPS) is 14.1. The Bertz CT molecular complexity index is 1250. The molecule has 35 heavy (non-hydrogen) atoms. The first-order chi connectivity index (χ1) is 16.9. The number of carbonyl (C=O) groups excluding carboxylic acids is 2. The van der Waals surface area contributed by atoms with Crippen LogP contribution in [0.4, 0.5) is 11.5 Å². The zero-order valence-electron chi connectivity index (χ0n) is 20.0. The van der Waals surface area contributed by atoms with Crippen molar-refractivity contribution in [1.29, 1.82) is 0 Å². The molecule has 2 aromatic carbocycles. The van der Waals surface area contributed by atoms with Gasteiger partial charge in [-0.05, 0) is 17.7 Å². The van der Waals surface area contributed by atoms with E-state index in [2.05, 4.69) is 15.7 Å². The quantitative estimate of drug-likeness (QED) is 0.477. The first-order valence-corrected chi connectivity index (χ1v) is 10.6. The van der Waals surface area contributed by atoms with Crippen LogP contribution in [0.15, 0.2) is 36.5 Å². The summed E-state index contributed by atoms with van der Waals surface area (Å²) in [5, 5.41) is 9.98. The Morgan fingerprint density at radius 2 is 1.60 bits per heavy atom. The average Bonchev–Trinajstić information content (AvgIpc) is 3.41. The van der Waals surface area contributed by atoms with Gasteiger partial charge in [0.15, 0.2) is 23.0 Å². The second-order valence-electron chi connectivity index (χ2n) is 7.59.